The van der Waals surface area contributed by atoms with Crippen molar-refractivity contribution in [3.8, 4) is 17.5 Å². The third-order valence-electron chi connectivity index (χ3n) is 6.15. The number of likely N-dealkylation sites (tertiary alicyclic amines) is 1. The molecule has 0 spiro atoms. The number of carbonyl (C=O) groups is 1. The molecule has 1 saturated carbocycles. The first-order chi connectivity index (χ1) is 15.6. The van der Waals surface area contributed by atoms with Crippen LogP contribution in [-0.2, 0) is 0 Å². The summed E-state index contributed by atoms with van der Waals surface area (Å²) in [5, 5.41) is 17.7. The van der Waals surface area contributed by atoms with Gasteiger partial charge in [0.15, 0.2) is 5.69 Å². The zero-order chi connectivity index (χ0) is 22.1. The van der Waals surface area contributed by atoms with Crippen LogP contribution in [0.4, 0.5) is 0 Å². The molecular weight excluding hydrogens is 402 g/mol. The maximum absolute atomic E-state index is 13.3. The molecule has 0 unspecified atom stereocenters. The molecule has 0 N–H and O–H groups in total. The van der Waals surface area contributed by atoms with E-state index in [0.717, 1.165) is 37.1 Å². The SMILES string of the molecule is Cc1ccc(-n2nnc(C(=O)N3CCC(Oc4cccc(C#N)c4)CC3)c2C2CC2)cc1. The lowest BCUT2D eigenvalue weighted by Gasteiger charge is -2.32. The Morgan fingerprint density at radius 3 is 2.53 bits per heavy atom. The van der Waals surface area contributed by atoms with Crippen LogP contribution in [0, 0.1) is 18.3 Å². The number of nitrogens with zero attached hydrogens (tertiary/aromatic N) is 5. The second kappa shape index (κ2) is 8.46. The van der Waals surface area contributed by atoms with Crippen LogP contribution in [0.2, 0.25) is 0 Å². The number of ether oxygens (including phenoxy) is 1. The molecule has 7 heteroatoms. The molecule has 7 nitrogen and oxygen atoms in total. The number of aromatic nitrogens is 3. The van der Waals surface area contributed by atoms with Crippen molar-refractivity contribution in [2.45, 2.75) is 44.6 Å². The van der Waals surface area contributed by atoms with E-state index >= 15 is 0 Å². The van der Waals surface area contributed by atoms with Gasteiger partial charge < -0.3 is 9.64 Å². The van der Waals surface area contributed by atoms with Crippen molar-refractivity contribution in [3.05, 3.63) is 71.0 Å². The summed E-state index contributed by atoms with van der Waals surface area (Å²) in [6.07, 6.45) is 3.65. The smallest absolute Gasteiger partial charge is 0.276 e. The standard InChI is InChI=1S/C25H25N5O2/c1-17-5-9-20(10-6-17)30-24(19-7-8-19)23(27-28-30)25(31)29-13-11-21(12-14-29)32-22-4-2-3-18(15-22)16-26/h2-6,9-10,15,19,21H,7-8,11-14H2,1H3. The Bertz CT molecular complexity index is 1170. The molecular formula is C25H25N5O2. The minimum atomic E-state index is -0.0461. The van der Waals surface area contributed by atoms with Crippen LogP contribution in [0.3, 0.4) is 0 Å². The van der Waals surface area contributed by atoms with Crippen molar-refractivity contribution >= 4 is 5.91 Å². The molecule has 0 atom stereocenters. The summed E-state index contributed by atoms with van der Waals surface area (Å²) in [6, 6.07) is 17.5. The lowest BCUT2D eigenvalue weighted by atomic mass is 10.1. The van der Waals surface area contributed by atoms with Crippen LogP contribution in [0.25, 0.3) is 5.69 Å². The van der Waals surface area contributed by atoms with Gasteiger partial charge in [0.25, 0.3) is 5.91 Å². The Morgan fingerprint density at radius 1 is 1.09 bits per heavy atom. The van der Waals surface area contributed by atoms with Crippen molar-refractivity contribution in [2.24, 2.45) is 0 Å². The summed E-state index contributed by atoms with van der Waals surface area (Å²) in [4.78, 5) is 15.2. The van der Waals surface area contributed by atoms with Crippen LogP contribution in [-0.4, -0.2) is 45.0 Å². The van der Waals surface area contributed by atoms with E-state index in [9.17, 15) is 4.79 Å². The van der Waals surface area contributed by atoms with Crippen LogP contribution in [0.15, 0.2) is 48.5 Å². The summed E-state index contributed by atoms with van der Waals surface area (Å²) in [5.41, 5.74) is 4.12. The number of amides is 1. The van der Waals surface area contributed by atoms with Crippen LogP contribution in [0.5, 0.6) is 5.75 Å². The fourth-order valence-electron chi connectivity index (χ4n) is 4.20. The van der Waals surface area contributed by atoms with Crippen LogP contribution in [0.1, 0.15) is 58.9 Å². The number of carbonyl (C=O) groups excluding carboxylic acids is 1. The van der Waals surface area contributed by atoms with E-state index in [1.807, 2.05) is 46.0 Å². The second-order valence-corrected chi connectivity index (χ2v) is 8.59. The molecule has 1 saturated heterocycles. The highest BCUT2D eigenvalue weighted by Gasteiger charge is 2.36. The molecule has 2 aliphatic rings. The van der Waals surface area contributed by atoms with Gasteiger partial charge in [-0.25, -0.2) is 4.68 Å². The number of aryl methyl sites for hydroxylation is 1. The monoisotopic (exact) mass is 427 g/mol. The fourth-order valence-corrected chi connectivity index (χ4v) is 4.20. The van der Waals surface area contributed by atoms with E-state index in [1.165, 1.54) is 5.56 Å². The molecule has 32 heavy (non-hydrogen) atoms. The quantitative estimate of drug-likeness (QED) is 0.614. The number of rotatable bonds is 5. The molecule has 2 heterocycles. The van der Waals surface area contributed by atoms with Crippen LogP contribution >= 0.6 is 0 Å². The molecule has 1 amide bonds. The predicted molar refractivity (Wildman–Crippen MR) is 119 cm³/mol. The van der Waals surface area contributed by atoms with E-state index < -0.39 is 0 Å². The van der Waals surface area contributed by atoms with Crippen molar-refractivity contribution in [2.75, 3.05) is 13.1 Å². The zero-order valence-electron chi connectivity index (χ0n) is 18.1. The molecule has 0 bridgehead atoms. The summed E-state index contributed by atoms with van der Waals surface area (Å²) >= 11 is 0. The Hall–Kier alpha value is -3.66. The van der Waals surface area contributed by atoms with Crippen molar-refractivity contribution in [3.63, 3.8) is 0 Å². The van der Waals surface area contributed by atoms with E-state index in [4.69, 9.17) is 10.00 Å². The zero-order valence-corrected chi connectivity index (χ0v) is 18.1. The molecule has 2 fully saturated rings. The highest BCUT2D eigenvalue weighted by Crippen LogP contribution is 2.42. The van der Waals surface area contributed by atoms with Gasteiger partial charge in [-0.1, -0.05) is 29.0 Å². The third kappa shape index (κ3) is 4.09. The highest BCUT2D eigenvalue weighted by atomic mass is 16.5. The van der Waals surface area contributed by atoms with Gasteiger partial charge in [-0.15, -0.1) is 5.10 Å². The molecule has 3 aromatic rings. The van der Waals surface area contributed by atoms with Gasteiger partial charge >= 0.3 is 0 Å². The molecule has 162 valence electrons. The first kappa shape index (κ1) is 20.3. The predicted octanol–water partition coefficient (Wildman–Crippen LogP) is 4.01. The van der Waals surface area contributed by atoms with Gasteiger partial charge in [-0.05, 0) is 50.1 Å². The normalized spacial score (nSPS) is 16.6. The van der Waals surface area contributed by atoms with E-state index in [-0.39, 0.29) is 12.0 Å². The number of piperidine rings is 1. The maximum atomic E-state index is 13.3. The first-order valence-corrected chi connectivity index (χ1v) is 11.1. The van der Waals surface area contributed by atoms with Gasteiger partial charge in [0.1, 0.15) is 11.9 Å². The van der Waals surface area contributed by atoms with Gasteiger partial charge in [-0.2, -0.15) is 5.26 Å². The molecule has 1 aliphatic carbocycles. The average molecular weight is 428 g/mol. The molecule has 5 rings (SSSR count). The minimum absolute atomic E-state index is 0.0270. The second-order valence-electron chi connectivity index (χ2n) is 8.59. The molecule has 2 aromatic carbocycles. The van der Waals surface area contributed by atoms with E-state index in [1.54, 1.807) is 12.1 Å². The Morgan fingerprint density at radius 2 is 1.84 bits per heavy atom. The summed E-state index contributed by atoms with van der Waals surface area (Å²) in [6.45, 7) is 3.28. The van der Waals surface area contributed by atoms with E-state index in [2.05, 4.69) is 23.3 Å². The topological polar surface area (TPSA) is 84.0 Å². The maximum Gasteiger partial charge on any atom is 0.276 e. The summed E-state index contributed by atoms with van der Waals surface area (Å²) in [5.74, 6) is 1.000. The third-order valence-corrected chi connectivity index (χ3v) is 6.15. The Balaban J connectivity index is 1.28. The number of nitriles is 1. The summed E-state index contributed by atoms with van der Waals surface area (Å²) < 4.78 is 7.89. The van der Waals surface area contributed by atoms with Crippen molar-refractivity contribution in [1.82, 2.24) is 19.9 Å². The Kier molecular flexibility index (Phi) is 5.36. The molecule has 1 aliphatic heterocycles. The summed E-state index contributed by atoms with van der Waals surface area (Å²) in [7, 11) is 0. The number of hydrogen-bond acceptors (Lipinski definition) is 5. The lowest BCUT2D eigenvalue weighted by Crippen LogP contribution is -2.42. The van der Waals surface area contributed by atoms with Gasteiger partial charge in [-0.3, -0.25) is 4.79 Å². The van der Waals surface area contributed by atoms with Crippen LogP contribution < -0.4 is 4.74 Å². The molecule has 1 aromatic heterocycles. The fraction of sp³-hybridized carbons (Fsp3) is 0.360. The number of hydrogen-bond donors (Lipinski definition) is 0. The first-order valence-electron chi connectivity index (χ1n) is 11.1. The van der Waals surface area contributed by atoms with Crippen molar-refractivity contribution in [1.29, 1.82) is 5.26 Å². The lowest BCUT2D eigenvalue weighted by molar-refractivity contribution is 0.0589. The number of benzene rings is 2. The highest BCUT2D eigenvalue weighted by molar-refractivity contribution is 5.93. The average Bonchev–Trinajstić information content (AvgIpc) is 3.57. The van der Waals surface area contributed by atoms with Gasteiger partial charge in [0.2, 0.25) is 0 Å². The van der Waals surface area contributed by atoms with E-state index in [0.29, 0.717) is 36.0 Å². The Labute approximate surface area is 187 Å². The minimum Gasteiger partial charge on any atom is -0.490 e. The van der Waals surface area contributed by atoms with Gasteiger partial charge in [0, 0.05) is 31.8 Å². The largest absolute Gasteiger partial charge is 0.490 e. The molecule has 0 radical (unpaired) electrons. The van der Waals surface area contributed by atoms with Crippen molar-refractivity contribution < 1.29 is 9.53 Å². The van der Waals surface area contributed by atoms with Gasteiger partial charge in [0.05, 0.1) is 23.0 Å².